The second-order valence-electron chi connectivity index (χ2n) is 6.56. The highest BCUT2D eigenvalue weighted by atomic mass is 16.2. The van der Waals surface area contributed by atoms with Gasteiger partial charge in [-0.15, -0.1) is 0 Å². The monoisotopic (exact) mass is 338 g/mol. The summed E-state index contributed by atoms with van der Waals surface area (Å²) in [6.07, 6.45) is 6.30. The Morgan fingerprint density at radius 1 is 1.20 bits per heavy atom. The third-order valence-electron chi connectivity index (χ3n) is 4.90. The Bertz CT molecular complexity index is 742. The van der Waals surface area contributed by atoms with Gasteiger partial charge < -0.3 is 0 Å². The van der Waals surface area contributed by atoms with Crippen LogP contribution in [0.15, 0.2) is 48.1 Å². The zero-order valence-corrected chi connectivity index (χ0v) is 14.2. The summed E-state index contributed by atoms with van der Waals surface area (Å²) >= 11 is 0. The number of carbonyl (C=O) groups excluding carboxylic acids is 1. The van der Waals surface area contributed by atoms with Crippen LogP contribution in [-0.4, -0.2) is 62.0 Å². The van der Waals surface area contributed by atoms with E-state index >= 15 is 0 Å². The summed E-state index contributed by atoms with van der Waals surface area (Å²) in [5.74, 6) is 0.0800. The summed E-state index contributed by atoms with van der Waals surface area (Å²) in [6.45, 7) is 2.83. The van der Waals surface area contributed by atoms with Crippen molar-refractivity contribution in [1.82, 2.24) is 24.7 Å². The molecule has 7 nitrogen and oxygen atoms in total. The Balaban J connectivity index is 1.37. The third kappa shape index (κ3) is 3.61. The van der Waals surface area contributed by atoms with E-state index in [1.807, 2.05) is 35.0 Å². The van der Waals surface area contributed by atoms with E-state index in [0.717, 1.165) is 43.6 Å². The Kier molecular flexibility index (Phi) is 4.56. The fourth-order valence-electron chi connectivity index (χ4n) is 3.58. The standard InChI is InChI=1S/C18H22N6O/c25-18(24-10-8-17(21-24)15-5-2-1-3-6-15)12-22-9-4-7-16(22)11-23-14-19-13-20-23/h1-3,5-6,13-14,16H,4,7-12H2/t16-/m1/s1. The molecular formula is C18H22N6O. The fourth-order valence-corrected chi connectivity index (χ4v) is 3.58. The van der Waals surface area contributed by atoms with Crippen LogP contribution in [0.25, 0.3) is 0 Å². The molecule has 0 N–H and O–H groups in total. The summed E-state index contributed by atoms with van der Waals surface area (Å²) in [7, 11) is 0. The lowest BCUT2D eigenvalue weighted by Crippen LogP contribution is -2.41. The van der Waals surface area contributed by atoms with Crippen LogP contribution in [-0.2, 0) is 11.3 Å². The number of hydrogen-bond donors (Lipinski definition) is 0. The highest BCUT2D eigenvalue weighted by Crippen LogP contribution is 2.20. The number of hydrazone groups is 1. The molecule has 1 saturated heterocycles. The van der Waals surface area contributed by atoms with E-state index < -0.39 is 0 Å². The molecule has 1 atom stereocenters. The molecule has 7 heteroatoms. The first kappa shape index (κ1) is 16.0. The lowest BCUT2D eigenvalue weighted by molar-refractivity contribution is -0.132. The van der Waals surface area contributed by atoms with Crippen LogP contribution in [0.1, 0.15) is 24.8 Å². The van der Waals surface area contributed by atoms with Crippen LogP contribution in [0.4, 0.5) is 0 Å². The number of benzene rings is 1. The third-order valence-corrected chi connectivity index (χ3v) is 4.90. The van der Waals surface area contributed by atoms with Crippen molar-refractivity contribution in [3.63, 3.8) is 0 Å². The highest BCUT2D eigenvalue weighted by molar-refractivity contribution is 6.02. The van der Waals surface area contributed by atoms with Crippen molar-refractivity contribution in [2.45, 2.75) is 31.8 Å². The predicted molar refractivity (Wildman–Crippen MR) is 93.9 cm³/mol. The van der Waals surface area contributed by atoms with E-state index in [1.54, 1.807) is 17.7 Å². The number of carbonyl (C=O) groups is 1. The molecule has 1 amide bonds. The van der Waals surface area contributed by atoms with E-state index in [0.29, 0.717) is 19.1 Å². The fraction of sp³-hybridized carbons (Fsp3) is 0.444. The van der Waals surface area contributed by atoms with E-state index in [1.165, 1.54) is 0 Å². The summed E-state index contributed by atoms with van der Waals surface area (Å²) in [5, 5.41) is 10.4. The average molecular weight is 338 g/mol. The van der Waals surface area contributed by atoms with Crippen LogP contribution in [0, 0.1) is 0 Å². The molecule has 0 radical (unpaired) electrons. The number of amides is 1. The second kappa shape index (κ2) is 7.14. The first-order valence-corrected chi connectivity index (χ1v) is 8.79. The van der Waals surface area contributed by atoms with E-state index in [9.17, 15) is 4.79 Å². The zero-order valence-electron chi connectivity index (χ0n) is 14.2. The second-order valence-corrected chi connectivity index (χ2v) is 6.56. The topological polar surface area (TPSA) is 66.6 Å². The Labute approximate surface area is 146 Å². The van der Waals surface area contributed by atoms with Crippen molar-refractivity contribution in [2.24, 2.45) is 5.10 Å². The minimum absolute atomic E-state index is 0.0800. The lowest BCUT2D eigenvalue weighted by atomic mass is 10.1. The van der Waals surface area contributed by atoms with Gasteiger partial charge in [0.05, 0.1) is 25.3 Å². The molecule has 0 spiro atoms. The Morgan fingerprint density at radius 2 is 2.08 bits per heavy atom. The smallest absolute Gasteiger partial charge is 0.256 e. The quantitative estimate of drug-likeness (QED) is 0.826. The van der Waals surface area contributed by atoms with Crippen molar-refractivity contribution < 1.29 is 4.79 Å². The molecule has 25 heavy (non-hydrogen) atoms. The summed E-state index contributed by atoms with van der Waals surface area (Å²) in [5.41, 5.74) is 2.09. The number of nitrogens with zero attached hydrogens (tertiary/aromatic N) is 6. The van der Waals surface area contributed by atoms with E-state index in [2.05, 4.69) is 20.1 Å². The summed E-state index contributed by atoms with van der Waals surface area (Å²) in [4.78, 5) is 18.9. The molecule has 130 valence electrons. The number of hydrogen-bond acceptors (Lipinski definition) is 5. The van der Waals surface area contributed by atoms with Crippen molar-refractivity contribution in [2.75, 3.05) is 19.6 Å². The molecular weight excluding hydrogens is 316 g/mol. The van der Waals surface area contributed by atoms with Crippen molar-refractivity contribution in [1.29, 1.82) is 0 Å². The molecule has 4 rings (SSSR count). The predicted octanol–water partition coefficient (Wildman–Crippen LogP) is 1.38. The van der Waals surface area contributed by atoms with Crippen molar-refractivity contribution in [3.05, 3.63) is 48.5 Å². The molecule has 0 unspecified atom stereocenters. The Morgan fingerprint density at radius 3 is 2.88 bits per heavy atom. The van der Waals surface area contributed by atoms with Crippen LogP contribution in [0.2, 0.25) is 0 Å². The van der Waals surface area contributed by atoms with E-state index in [-0.39, 0.29) is 5.91 Å². The summed E-state index contributed by atoms with van der Waals surface area (Å²) in [6, 6.07) is 10.4. The first-order valence-electron chi connectivity index (χ1n) is 8.79. The average Bonchev–Trinajstić information content (AvgIpc) is 3.38. The van der Waals surface area contributed by atoms with Gasteiger partial charge in [-0.05, 0) is 24.9 Å². The van der Waals surface area contributed by atoms with Crippen molar-refractivity contribution in [3.8, 4) is 0 Å². The molecule has 2 aliphatic heterocycles. The van der Waals surface area contributed by atoms with Gasteiger partial charge in [-0.3, -0.25) is 14.4 Å². The largest absolute Gasteiger partial charge is 0.290 e. The molecule has 0 bridgehead atoms. The maximum atomic E-state index is 12.7. The highest BCUT2D eigenvalue weighted by Gasteiger charge is 2.29. The van der Waals surface area contributed by atoms with Crippen LogP contribution in [0.3, 0.4) is 0 Å². The van der Waals surface area contributed by atoms with Crippen LogP contribution >= 0.6 is 0 Å². The van der Waals surface area contributed by atoms with Crippen LogP contribution in [0.5, 0.6) is 0 Å². The summed E-state index contributed by atoms with van der Waals surface area (Å²) < 4.78 is 1.84. The van der Waals surface area contributed by atoms with Gasteiger partial charge in [0.25, 0.3) is 5.91 Å². The molecule has 2 aromatic rings. The number of likely N-dealkylation sites (tertiary alicyclic amines) is 1. The van der Waals surface area contributed by atoms with Gasteiger partial charge in [0.2, 0.25) is 0 Å². The van der Waals surface area contributed by atoms with Gasteiger partial charge in [0, 0.05) is 12.5 Å². The van der Waals surface area contributed by atoms with Gasteiger partial charge in [0.15, 0.2) is 0 Å². The van der Waals surface area contributed by atoms with Crippen molar-refractivity contribution >= 4 is 11.6 Å². The molecule has 1 fully saturated rings. The first-order chi connectivity index (χ1) is 12.3. The maximum absolute atomic E-state index is 12.7. The molecule has 1 aromatic heterocycles. The minimum atomic E-state index is 0.0800. The van der Waals surface area contributed by atoms with Gasteiger partial charge in [-0.25, -0.2) is 9.99 Å². The van der Waals surface area contributed by atoms with Gasteiger partial charge in [0.1, 0.15) is 12.7 Å². The minimum Gasteiger partial charge on any atom is -0.290 e. The van der Waals surface area contributed by atoms with Gasteiger partial charge >= 0.3 is 0 Å². The van der Waals surface area contributed by atoms with Crippen LogP contribution < -0.4 is 0 Å². The molecule has 0 saturated carbocycles. The Hall–Kier alpha value is -2.54. The molecule has 0 aliphatic carbocycles. The van der Waals surface area contributed by atoms with E-state index in [4.69, 9.17) is 0 Å². The lowest BCUT2D eigenvalue weighted by Gasteiger charge is -2.25. The zero-order chi connectivity index (χ0) is 17.1. The van der Waals surface area contributed by atoms with Gasteiger partial charge in [-0.1, -0.05) is 30.3 Å². The number of rotatable bonds is 5. The number of aromatic nitrogens is 3. The molecule has 2 aliphatic rings. The van der Waals surface area contributed by atoms with Gasteiger partial charge in [-0.2, -0.15) is 10.2 Å². The molecule has 3 heterocycles. The maximum Gasteiger partial charge on any atom is 0.256 e. The SMILES string of the molecule is O=C(CN1CCC[C@@H]1Cn1cncn1)N1CCC(c2ccccc2)=N1. The molecule has 1 aromatic carbocycles. The normalized spacial score (nSPS) is 20.9.